The normalized spacial score (nSPS) is 10.1. The molecule has 0 saturated heterocycles. The molecule has 2 rings (SSSR count). The first-order valence-electron chi connectivity index (χ1n) is 4.74. The number of hydrogen-bond acceptors (Lipinski definition) is 3. The molecular formula is C12H9FN2O. The van der Waals surface area contributed by atoms with E-state index in [-0.39, 0.29) is 5.78 Å². The quantitative estimate of drug-likeness (QED) is 0.722. The van der Waals surface area contributed by atoms with E-state index < -0.39 is 5.82 Å². The summed E-state index contributed by atoms with van der Waals surface area (Å²) in [5, 5.41) is 0. The first kappa shape index (κ1) is 10.4. The number of rotatable bonds is 2. The van der Waals surface area contributed by atoms with Gasteiger partial charge in [0.25, 0.3) is 0 Å². The highest BCUT2D eigenvalue weighted by Crippen LogP contribution is 2.14. The molecule has 0 saturated carbocycles. The number of aryl methyl sites for hydroxylation is 1. The number of ketones is 1. The number of hydrogen-bond donors (Lipinski definition) is 0. The molecule has 2 aromatic rings. The van der Waals surface area contributed by atoms with Gasteiger partial charge in [0.15, 0.2) is 5.78 Å². The molecule has 1 heterocycles. The fourth-order valence-electron chi connectivity index (χ4n) is 1.41. The molecule has 0 amide bonds. The molecule has 0 aliphatic heterocycles. The molecule has 0 N–H and O–H groups in total. The van der Waals surface area contributed by atoms with Crippen molar-refractivity contribution in [2.24, 2.45) is 0 Å². The maximum absolute atomic E-state index is 13.0. The van der Waals surface area contributed by atoms with E-state index in [1.54, 1.807) is 13.0 Å². The highest BCUT2D eigenvalue weighted by atomic mass is 19.1. The minimum absolute atomic E-state index is 0.266. The Balaban J connectivity index is 2.46. The Kier molecular flexibility index (Phi) is 2.72. The van der Waals surface area contributed by atoms with Gasteiger partial charge in [-0.1, -0.05) is 6.07 Å². The lowest BCUT2D eigenvalue weighted by Crippen LogP contribution is -2.05. The van der Waals surface area contributed by atoms with E-state index in [0.29, 0.717) is 11.1 Å². The van der Waals surface area contributed by atoms with Crippen LogP contribution in [0.5, 0.6) is 0 Å². The molecule has 0 radical (unpaired) electrons. The molecule has 0 atom stereocenters. The van der Waals surface area contributed by atoms with Crippen molar-refractivity contribution in [2.75, 3.05) is 0 Å². The lowest BCUT2D eigenvalue weighted by Gasteiger charge is -2.04. The van der Waals surface area contributed by atoms with E-state index in [2.05, 4.69) is 9.97 Å². The molecule has 3 nitrogen and oxygen atoms in total. The summed E-state index contributed by atoms with van der Waals surface area (Å²) < 4.78 is 13.0. The summed E-state index contributed by atoms with van der Waals surface area (Å²) in [6.07, 6.45) is 4.18. The van der Waals surface area contributed by atoms with Crippen LogP contribution >= 0.6 is 0 Å². The van der Waals surface area contributed by atoms with Gasteiger partial charge in [0.05, 0.1) is 5.56 Å². The molecule has 1 aromatic heterocycles. The maximum atomic E-state index is 13.0. The van der Waals surface area contributed by atoms with Crippen LogP contribution in [0.25, 0.3) is 0 Å². The Hall–Kier alpha value is -2.10. The molecule has 4 heteroatoms. The van der Waals surface area contributed by atoms with Crippen LogP contribution in [0.15, 0.2) is 36.9 Å². The van der Waals surface area contributed by atoms with E-state index >= 15 is 0 Å². The lowest BCUT2D eigenvalue weighted by molar-refractivity contribution is 0.103. The van der Waals surface area contributed by atoms with Crippen LogP contribution in [0.2, 0.25) is 0 Å². The van der Waals surface area contributed by atoms with Crippen LogP contribution in [0.3, 0.4) is 0 Å². The van der Waals surface area contributed by atoms with Gasteiger partial charge in [-0.15, -0.1) is 0 Å². The first-order valence-corrected chi connectivity index (χ1v) is 4.74. The first-order chi connectivity index (χ1) is 7.68. The second-order valence-electron chi connectivity index (χ2n) is 3.42. The minimum Gasteiger partial charge on any atom is -0.288 e. The van der Waals surface area contributed by atoms with Crippen LogP contribution in [-0.4, -0.2) is 15.8 Å². The van der Waals surface area contributed by atoms with Gasteiger partial charge in [0.2, 0.25) is 0 Å². The van der Waals surface area contributed by atoms with Gasteiger partial charge in [-0.05, 0) is 24.6 Å². The second kappa shape index (κ2) is 4.18. The summed E-state index contributed by atoms with van der Waals surface area (Å²) >= 11 is 0. The number of carbonyl (C=O) groups is 1. The fraction of sp³-hybridized carbons (Fsp3) is 0.0833. The average Bonchev–Trinajstić information content (AvgIpc) is 2.32. The van der Waals surface area contributed by atoms with Crippen molar-refractivity contribution in [3.8, 4) is 0 Å². The molecule has 1 aromatic carbocycles. The molecule has 0 aliphatic carbocycles. The van der Waals surface area contributed by atoms with Crippen LogP contribution in [0.4, 0.5) is 4.39 Å². The molecule has 0 unspecified atom stereocenters. The summed E-state index contributed by atoms with van der Waals surface area (Å²) in [5.41, 5.74) is 1.43. The van der Waals surface area contributed by atoms with Gasteiger partial charge in [-0.25, -0.2) is 14.4 Å². The van der Waals surface area contributed by atoms with Crippen molar-refractivity contribution >= 4 is 5.78 Å². The molecule has 16 heavy (non-hydrogen) atoms. The lowest BCUT2D eigenvalue weighted by atomic mass is 10.0. The van der Waals surface area contributed by atoms with Crippen molar-refractivity contribution in [3.63, 3.8) is 0 Å². The SMILES string of the molecule is Cc1ccc(F)cc1C(=O)c1cncnc1. The predicted octanol–water partition coefficient (Wildman–Crippen LogP) is 2.16. The number of halogens is 1. The zero-order chi connectivity index (χ0) is 11.5. The van der Waals surface area contributed by atoms with Crippen LogP contribution in [-0.2, 0) is 0 Å². The van der Waals surface area contributed by atoms with Crippen LogP contribution < -0.4 is 0 Å². The number of benzene rings is 1. The Morgan fingerprint density at radius 1 is 1.25 bits per heavy atom. The third-order valence-electron chi connectivity index (χ3n) is 2.27. The number of aromatic nitrogens is 2. The van der Waals surface area contributed by atoms with Crippen molar-refractivity contribution < 1.29 is 9.18 Å². The van der Waals surface area contributed by atoms with Crippen molar-refractivity contribution in [1.29, 1.82) is 0 Å². The summed E-state index contributed by atoms with van der Waals surface area (Å²) in [4.78, 5) is 19.5. The number of nitrogens with zero attached hydrogens (tertiary/aromatic N) is 2. The van der Waals surface area contributed by atoms with E-state index in [9.17, 15) is 9.18 Å². The Labute approximate surface area is 92.0 Å². The summed E-state index contributed by atoms with van der Waals surface area (Å²) in [7, 11) is 0. The monoisotopic (exact) mass is 216 g/mol. The summed E-state index contributed by atoms with van der Waals surface area (Å²) in [6, 6.07) is 4.13. The van der Waals surface area contributed by atoms with Crippen LogP contribution in [0.1, 0.15) is 21.5 Å². The molecule has 0 spiro atoms. The minimum atomic E-state index is -0.425. The standard InChI is InChI=1S/C12H9FN2O/c1-8-2-3-10(13)4-11(8)12(16)9-5-14-7-15-6-9/h2-7H,1H3. The Bertz CT molecular complexity index is 526. The van der Waals surface area contributed by atoms with Gasteiger partial charge in [-0.2, -0.15) is 0 Å². The highest BCUT2D eigenvalue weighted by molar-refractivity contribution is 6.09. The zero-order valence-electron chi connectivity index (χ0n) is 8.64. The van der Waals surface area contributed by atoms with Gasteiger partial charge in [0, 0.05) is 18.0 Å². The summed E-state index contributed by atoms with van der Waals surface area (Å²) in [5.74, 6) is -0.691. The number of carbonyl (C=O) groups excluding carboxylic acids is 1. The predicted molar refractivity (Wildman–Crippen MR) is 56.6 cm³/mol. The van der Waals surface area contributed by atoms with E-state index in [0.717, 1.165) is 5.56 Å². The zero-order valence-corrected chi connectivity index (χ0v) is 8.64. The average molecular weight is 216 g/mol. The van der Waals surface area contributed by atoms with Crippen molar-refractivity contribution in [3.05, 3.63) is 59.4 Å². The van der Waals surface area contributed by atoms with E-state index in [4.69, 9.17) is 0 Å². The van der Waals surface area contributed by atoms with Crippen molar-refractivity contribution in [2.45, 2.75) is 6.92 Å². The van der Waals surface area contributed by atoms with Crippen molar-refractivity contribution in [1.82, 2.24) is 9.97 Å². The van der Waals surface area contributed by atoms with E-state index in [1.165, 1.54) is 30.9 Å². The molecule has 0 fully saturated rings. The van der Waals surface area contributed by atoms with E-state index in [1.807, 2.05) is 0 Å². The van der Waals surface area contributed by atoms with Crippen LogP contribution in [0, 0.1) is 12.7 Å². The largest absolute Gasteiger partial charge is 0.288 e. The molecule has 0 aliphatic rings. The molecular weight excluding hydrogens is 207 g/mol. The smallest absolute Gasteiger partial charge is 0.196 e. The third-order valence-corrected chi connectivity index (χ3v) is 2.27. The van der Waals surface area contributed by atoms with Gasteiger partial charge >= 0.3 is 0 Å². The summed E-state index contributed by atoms with van der Waals surface area (Å²) in [6.45, 7) is 1.76. The Morgan fingerprint density at radius 3 is 2.62 bits per heavy atom. The van der Waals surface area contributed by atoms with Gasteiger partial charge in [-0.3, -0.25) is 4.79 Å². The second-order valence-corrected chi connectivity index (χ2v) is 3.42. The Morgan fingerprint density at radius 2 is 1.94 bits per heavy atom. The molecule has 80 valence electrons. The molecule has 0 bridgehead atoms. The topological polar surface area (TPSA) is 42.9 Å². The van der Waals surface area contributed by atoms with Gasteiger partial charge in [0.1, 0.15) is 12.1 Å². The highest BCUT2D eigenvalue weighted by Gasteiger charge is 2.12. The third kappa shape index (κ3) is 1.95. The van der Waals surface area contributed by atoms with Gasteiger partial charge < -0.3 is 0 Å². The maximum Gasteiger partial charge on any atom is 0.196 e. The fourth-order valence-corrected chi connectivity index (χ4v) is 1.41.